The van der Waals surface area contributed by atoms with E-state index in [4.69, 9.17) is 0 Å². The first-order chi connectivity index (χ1) is 9.11. The number of nitriles is 1. The Morgan fingerprint density at radius 3 is 2.79 bits per heavy atom. The first kappa shape index (κ1) is 14.0. The molecule has 3 unspecified atom stereocenters. The Bertz CT molecular complexity index is 478. The molecule has 1 aromatic rings. The first-order valence-corrected chi connectivity index (χ1v) is 7.03. The molecule has 102 valence electrons. The number of hydrogen-bond donors (Lipinski definition) is 1. The fourth-order valence-corrected chi connectivity index (χ4v) is 2.78. The van der Waals surface area contributed by atoms with Crippen molar-refractivity contribution >= 4 is 0 Å². The van der Waals surface area contributed by atoms with Crippen molar-refractivity contribution in [2.75, 3.05) is 0 Å². The molecule has 0 radical (unpaired) electrons. The molecule has 3 heteroatoms. The van der Waals surface area contributed by atoms with Crippen molar-refractivity contribution in [2.24, 2.45) is 5.92 Å². The minimum absolute atomic E-state index is 0.0778. The molecule has 0 aromatic heterocycles. The van der Waals surface area contributed by atoms with Crippen molar-refractivity contribution in [1.29, 1.82) is 5.26 Å². The number of rotatable bonds is 3. The van der Waals surface area contributed by atoms with Crippen molar-refractivity contribution in [2.45, 2.75) is 51.6 Å². The summed E-state index contributed by atoms with van der Waals surface area (Å²) in [5.74, 6) is -0.0712. The number of nitrogens with zero attached hydrogens (tertiary/aromatic N) is 1. The molecule has 0 aliphatic heterocycles. The van der Waals surface area contributed by atoms with Gasteiger partial charge in [0.15, 0.2) is 0 Å². The summed E-state index contributed by atoms with van der Waals surface area (Å²) in [7, 11) is 0. The third-order valence-electron chi connectivity index (χ3n) is 4.09. The van der Waals surface area contributed by atoms with Gasteiger partial charge in [0, 0.05) is 12.1 Å². The third kappa shape index (κ3) is 3.33. The molecule has 1 aromatic carbocycles. The zero-order chi connectivity index (χ0) is 13.8. The fraction of sp³-hybridized carbons (Fsp3) is 0.562. The molecule has 0 heterocycles. The van der Waals surface area contributed by atoms with Crippen LogP contribution in [0.5, 0.6) is 0 Å². The van der Waals surface area contributed by atoms with Gasteiger partial charge < -0.3 is 5.32 Å². The summed E-state index contributed by atoms with van der Waals surface area (Å²) in [5.41, 5.74) is 1.62. The maximum absolute atomic E-state index is 13.6. The van der Waals surface area contributed by atoms with Crippen molar-refractivity contribution < 1.29 is 4.39 Å². The largest absolute Gasteiger partial charge is 0.306 e. The molecule has 1 aliphatic rings. The standard InChI is InChI=1S/C16H21FN2/c1-11-7-8-13(9-15(11)17)12(2)19-16-6-4-3-5-14(16)10-18/h7-9,12,14,16,19H,3-6H2,1-2H3. The van der Waals surface area contributed by atoms with Crippen LogP contribution in [0.15, 0.2) is 18.2 Å². The Balaban J connectivity index is 2.05. The van der Waals surface area contributed by atoms with E-state index in [1.165, 1.54) is 6.42 Å². The lowest BCUT2D eigenvalue weighted by Gasteiger charge is -2.30. The molecule has 2 nitrogen and oxygen atoms in total. The molecule has 1 fully saturated rings. The van der Waals surface area contributed by atoms with E-state index in [1.54, 1.807) is 13.0 Å². The SMILES string of the molecule is Cc1ccc(C(C)NC2CCCCC2C#N)cc1F. The molecule has 2 rings (SSSR count). The maximum Gasteiger partial charge on any atom is 0.126 e. The van der Waals surface area contributed by atoms with Gasteiger partial charge in [0.1, 0.15) is 5.82 Å². The van der Waals surface area contributed by atoms with Crippen molar-refractivity contribution in [3.8, 4) is 6.07 Å². The van der Waals surface area contributed by atoms with E-state index < -0.39 is 0 Å². The van der Waals surface area contributed by atoms with E-state index in [0.29, 0.717) is 5.56 Å². The van der Waals surface area contributed by atoms with Gasteiger partial charge in [-0.25, -0.2) is 4.39 Å². The fourth-order valence-electron chi connectivity index (χ4n) is 2.78. The van der Waals surface area contributed by atoms with Gasteiger partial charge in [-0.3, -0.25) is 0 Å². The second-order valence-electron chi connectivity index (χ2n) is 5.52. The zero-order valence-corrected chi connectivity index (χ0v) is 11.6. The highest BCUT2D eigenvalue weighted by molar-refractivity contribution is 5.25. The summed E-state index contributed by atoms with van der Waals surface area (Å²) in [5, 5.41) is 12.7. The lowest BCUT2D eigenvalue weighted by Crippen LogP contribution is -2.39. The van der Waals surface area contributed by atoms with Gasteiger partial charge >= 0.3 is 0 Å². The quantitative estimate of drug-likeness (QED) is 0.895. The van der Waals surface area contributed by atoms with Gasteiger partial charge in [0.05, 0.1) is 12.0 Å². The summed E-state index contributed by atoms with van der Waals surface area (Å²) >= 11 is 0. The van der Waals surface area contributed by atoms with Crippen molar-refractivity contribution in [3.05, 3.63) is 35.1 Å². The number of benzene rings is 1. The Hall–Kier alpha value is -1.40. The lowest BCUT2D eigenvalue weighted by molar-refractivity contribution is 0.292. The molecule has 19 heavy (non-hydrogen) atoms. The second kappa shape index (κ2) is 6.16. The van der Waals surface area contributed by atoms with Crippen LogP contribution in [0.25, 0.3) is 0 Å². The average Bonchev–Trinajstić information content (AvgIpc) is 2.42. The minimum Gasteiger partial charge on any atom is -0.306 e. The molecule has 1 N–H and O–H groups in total. The van der Waals surface area contributed by atoms with E-state index >= 15 is 0 Å². The van der Waals surface area contributed by atoms with Crippen LogP contribution in [-0.4, -0.2) is 6.04 Å². The van der Waals surface area contributed by atoms with Gasteiger partial charge in [-0.05, 0) is 43.9 Å². The van der Waals surface area contributed by atoms with Crippen LogP contribution in [0.3, 0.4) is 0 Å². The smallest absolute Gasteiger partial charge is 0.126 e. The van der Waals surface area contributed by atoms with E-state index in [9.17, 15) is 9.65 Å². The zero-order valence-electron chi connectivity index (χ0n) is 11.6. The van der Waals surface area contributed by atoms with Gasteiger partial charge in [-0.1, -0.05) is 25.0 Å². The van der Waals surface area contributed by atoms with Crippen LogP contribution in [0.4, 0.5) is 4.39 Å². The van der Waals surface area contributed by atoms with E-state index in [-0.39, 0.29) is 23.8 Å². The highest BCUT2D eigenvalue weighted by Crippen LogP contribution is 2.26. The predicted octanol–water partition coefficient (Wildman–Crippen LogP) is 3.87. The molecule has 3 atom stereocenters. The Kier molecular flexibility index (Phi) is 4.55. The lowest BCUT2D eigenvalue weighted by atomic mass is 9.85. The molecule has 1 saturated carbocycles. The number of hydrogen-bond acceptors (Lipinski definition) is 2. The van der Waals surface area contributed by atoms with Crippen LogP contribution < -0.4 is 5.32 Å². The van der Waals surface area contributed by atoms with Crippen LogP contribution in [0.2, 0.25) is 0 Å². The summed E-state index contributed by atoms with van der Waals surface area (Å²) < 4.78 is 13.6. The molecular weight excluding hydrogens is 239 g/mol. The van der Waals surface area contributed by atoms with Gasteiger partial charge in [0.2, 0.25) is 0 Å². The molecule has 0 bridgehead atoms. The summed E-state index contributed by atoms with van der Waals surface area (Å²) in [6, 6.07) is 8.07. The highest BCUT2D eigenvalue weighted by Gasteiger charge is 2.26. The van der Waals surface area contributed by atoms with Crippen LogP contribution in [-0.2, 0) is 0 Å². The summed E-state index contributed by atoms with van der Waals surface area (Å²) in [6.45, 7) is 3.80. The van der Waals surface area contributed by atoms with E-state index in [2.05, 4.69) is 11.4 Å². The predicted molar refractivity (Wildman–Crippen MR) is 74.0 cm³/mol. The van der Waals surface area contributed by atoms with Gasteiger partial charge in [-0.2, -0.15) is 5.26 Å². The first-order valence-electron chi connectivity index (χ1n) is 7.03. The number of halogens is 1. The van der Waals surface area contributed by atoms with E-state index in [1.807, 2.05) is 19.1 Å². The Morgan fingerprint density at radius 1 is 1.37 bits per heavy atom. The Labute approximate surface area is 114 Å². The van der Waals surface area contributed by atoms with Crippen molar-refractivity contribution in [1.82, 2.24) is 5.32 Å². The van der Waals surface area contributed by atoms with E-state index in [0.717, 1.165) is 24.8 Å². The molecule has 1 aliphatic carbocycles. The normalized spacial score (nSPS) is 24.7. The average molecular weight is 260 g/mol. The van der Waals surface area contributed by atoms with Crippen molar-refractivity contribution in [3.63, 3.8) is 0 Å². The maximum atomic E-state index is 13.6. The Morgan fingerprint density at radius 2 is 2.11 bits per heavy atom. The second-order valence-corrected chi connectivity index (χ2v) is 5.52. The third-order valence-corrected chi connectivity index (χ3v) is 4.09. The monoisotopic (exact) mass is 260 g/mol. The highest BCUT2D eigenvalue weighted by atomic mass is 19.1. The van der Waals surface area contributed by atoms with Crippen LogP contribution >= 0.6 is 0 Å². The molecular formula is C16H21FN2. The van der Waals surface area contributed by atoms with Gasteiger partial charge in [0.25, 0.3) is 0 Å². The topological polar surface area (TPSA) is 35.8 Å². The van der Waals surface area contributed by atoms with Crippen LogP contribution in [0.1, 0.15) is 49.8 Å². The molecule has 0 spiro atoms. The number of nitrogens with one attached hydrogen (secondary N) is 1. The minimum atomic E-state index is -0.161. The number of aryl methyl sites for hydroxylation is 1. The molecule has 0 amide bonds. The summed E-state index contributed by atoms with van der Waals surface area (Å²) in [6.07, 6.45) is 4.33. The molecule has 0 saturated heterocycles. The van der Waals surface area contributed by atoms with Crippen LogP contribution in [0, 0.1) is 30.0 Å². The summed E-state index contributed by atoms with van der Waals surface area (Å²) in [4.78, 5) is 0. The van der Waals surface area contributed by atoms with Gasteiger partial charge in [-0.15, -0.1) is 0 Å².